The van der Waals surface area contributed by atoms with Gasteiger partial charge in [-0.05, 0) is 12.1 Å². The highest BCUT2D eigenvalue weighted by molar-refractivity contribution is 6.43. The average Bonchev–Trinajstić information content (AvgIpc) is 2.10. The standard InChI is InChI=1S/C9H8Cl2O2/c1-13-5-8(12)6-3-2-4-7(10)9(6)11/h2-4H,5H2,1H3. The molecular formula is C9H8Cl2O2. The molecule has 0 aliphatic heterocycles. The normalized spacial score (nSPS) is 10.1. The number of hydrogen-bond donors (Lipinski definition) is 0. The van der Waals surface area contributed by atoms with Crippen molar-refractivity contribution in [2.45, 2.75) is 0 Å². The van der Waals surface area contributed by atoms with Crippen molar-refractivity contribution in [2.24, 2.45) is 0 Å². The van der Waals surface area contributed by atoms with E-state index in [0.717, 1.165) is 0 Å². The van der Waals surface area contributed by atoms with Gasteiger partial charge in [0.25, 0.3) is 0 Å². The van der Waals surface area contributed by atoms with Crippen molar-refractivity contribution >= 4 is 29.0 Å². The van der Waals surface area contributed by atoms with E-state index in [2.05, 4.69) is 0 Å². The van der Waals surface area contributed by atoms with Crippen LogP contribution in [0.4, 0.5) is 0 Å². The monoisotopic (exact) mass is 218 g/mol. The Bertz CT molecular complexity index is 323. The summed E-state index contributed by atoms with van der Waals surface area (Å²) in [6, 6.07) is 4.93. The molecule has 0 aliphatic carbocycles. The SMILES string of the molecule is COCC(=O)c1cccc(Cl)c1Cl. The highest BCUT2D eigenvalue weighted by atomic mass is 35.5. The van der Waals surface area contributed by atoms with Crippen LogP contribution in [0.2, 0.25) is 10.0 Å². The predicted molar refractivity (Wildman–Crippen MR) is 52.7 cm³/mol. The molecule has 0 fully saturated rings. The molecule has 1 aromatic carbocycles. The minimum atomic E-state index is -0.171. The van der Waals surface area contributed by atoms with Gasteiger partial charge in [0.05, 0.1) is 10.0 Å². The third-order valence-corrected chi connectivity index (χ3v) is 2.35. The van der Waals surface area contributed by atoms with Gasteiger partial charge in [-0.2, -0.15) is 0 Å². The van der Waals surface area contributed by atoms with Crippen molar-refractivity contribution in [1.82, 2.24) is 0 Å². The van der Waals surface area contributed by atoms with E-state index in [-0.39, 0.29) is 17.4 Å². The van der Waals surface area contributed by atoms with Crippen molar-refractivity contribution < 1.29 is 9.53 Å². The van der Waals surface area contributed by atoms with E-state index in [1.807, 2.05) is 0 Å². The van der Waals surface area contributed by atoms with Crippen LogP contribution in [0.1, 0.15) is 10.4 Å². The highest BCUT2D eigenvalue weighted by Gasteiger charge is 2.11. The maximum atomic E-state index is 11.3. The van der Waals surface area contributed by atoms with Crippen LogP contribution in [-0.2, 0) is 4.74 Å². The molecule has 0 heterocycles. The number of methoxy groups -OCH3 is 1. The lowest BCUT2D eigenvalue weighted by atomic mass is 10.1. The van der Waals surface area contributed by atoms with Crippen molar-refractivity contribution in [2.75, 3.05) is 13.7 Å². The fourth-order valence-corrected chi connectivity index (χ4v) is 1.33. The number of carbonyl (C=O) groups is 1. The Labute approximate surface area is 86.4 Å². The summed E-state index contributed by atoms with van der Waals surface area (Å²) in [6.07, 6.45) is 0. The molecule has 0 saturated carbocycles. The Hall–Kier alpha value is -0.570. The molecule has 0 spiro atoms. The molecule has 0 amide bonds. The lowest BCUT2D eigenvalue weighted by molar-refractivity contribution is 0.0848. The first kappa shape index (κ1) is 10.5. The van der Waals surface area contributed by atoms with Gasteiger partial charge in [0, 0.05) is 12.7 Å². The highest BCUT2D eigenvalue weighted by Crippen LogP contribution is 2.25. The van der Waals surface area contributed by atoms with Crippen molar-refractivity contribution in [3.8, 4) is 0 Å². The Morgan fingerprint density at radius 2 is 2.15 bits per heavy atom. The van der Waals surface area contributed by atoms with Crippen LogP contribution in [0.25, 0.3) is 0 Å². The zero-order chi connectivity index (χ0) is 9.84. The molecule has 13 heavy (non-hydrogen) atoms. The summed E-state index contributed by atoms with van der Waals surface area (Å²) in [6.45, 7) is 0.0140. The van der Waals surface area contributed by atoms with E-state index >= 15 is 0 Å². The number of halogens is 2. The molecule has 0 bridgehead atoms. The largest absolute Gasteiger partial charge is 0.377 e. The predicted octanol–water partition coefficient (Wildman–Crippen LogP) is 2.82. The Morgan fingerprint density at radius 3 is 2.77 bits per heavy atom. The maximum absolute atomic E-state index is 11.3. The molecule has 0 N–H and O–H groups in total. The van der Waals surface area contributed by atoms with Crippen LogP contribution < -0.4 is 0 Å². The summed E-state index contributed by atoms with van der Waals surface area (Å²) >= 11 is 11.5. The van der Waals surface area contributed by atoms with E-state index in [0.29, 0.717) is 10.6 Å². The number of ketones is 1. The zero-order valence-corrected chi connectivity index (χ0v) is 8.52. The first-order valence-corrected chi connectivity index (χ1v) is 4.38. The van der Waals surface area contributed by atoms with Crippen LogP contribution in [0.15, 0.2) is 18.2 Å². The number of Topliss-reactive ketones (excluding diaryl/α,β-unsaturated/α-hetero) is 1. The van der Waals surface area contributed by atoms with Crippen LogP contribution in [0.5, 0.6) is 0 Å². The molecule has 1 aromatic rings. The van der Waals surface area contributed by atoms with Gasteiger partial charge in [-0.25, -0.2) is 0 Å². The summed E-state index contributed by atoms with van der Waals surface area (Å²) in [5.41, 5.74) is 0.399. The van der Waals surface area contributed by atoms with Gasteiger partial charge >= 0.3 is 0 Å². The molecule has 0 aliphatic rings. The second-order valence-electron chi connectivity index (χ2n) is 2.46. The van der Waals surface area contributed by atoms with Crippen LogP contribution in [-0.4, -0.2) is 19.5 Å². The van der Waals surface area contributed by atoms with E-state index in [1.54, 1.807) is 18.2 Å². The first-order valence-electron chi connectivity index (χ1n) is 3.63. The zero-order valence-electron chi connectivity index (χ0n) is 7.01. The van der Waals surface area contributed by atoms with Gasteiger partial charge in [-0.3, -0.25) is 4.79 Å². The molecule has 0 aromatic heterocycles. The Balaban J connectivity index is 3.01. The van der Waals surface area contributed by atoms with E-state index in [4.69, 9.17) is 27.9 Å². The molecular weight excluding hydrogens is 211 g/mol. The fraction of sp³-hybridized carbons (Fsp3) is 0.222. The Kier molecular flexibility index (Phi) is 3.72. The number of ether oxygens (including phenoxy) is 1. The number of rotatable bonds is 3. The lowest BCUT2D eigenvalue weighted by Crippen LogP contribution is -2.07. The summed E-state index contributed by atoms with van der Waals surface area (Å²) < 4.78 is 4.70. The van der Waals surface area contributed by atoms with E-state index < -0.39 is 0 Å². The smallest absolute Gasteiger partial charge is 0.189 e. The lowest BCUT2D eigenvalue weighted by Gasteiger charge is -2.03. The topological polar surface area (TPSA) is 26.3 Å². The van der Waals surface area contributed by atoms with Crippen molar-refractivity contribution in [3.05, 3.63) is 33.8 Å². The van der Waals surface area contributed by atoms with Crippen molar-refractivity contribution in [3.63, 3.8) is 0 Å². The van der Waals surface area contributed by atoms with Gasteiger partial charge in [0.2, 0.25) is 0 Å². The second kappa shape index (κ2) is 4.61. The molecule has 0 radical (unpaired) electrons. The number of benzene rings is 1. The first-order chi connectivity index (χ1) is 6.16. The van der Waals surface area contributed by atoms with Crippen molar-refractivity contribution in [1.29, 1.82) is 0 Å². The number of carbonyl (C=O) groups excluding carboxylic acids is 1. The summed E-state index contributed by atoms with van der Waals surface area (Å²) in [7, 11) is 1.45. The third-order valence-electron chi connectivity index (χ3n) is 1.53. The third kappa shape index (κ3) is 2.44. The average molecular weight is 219 g/mol. The van der Waals surface area contributed by atoms with E-state index in [1.165, 1.54) is 7.11 Å². The minimum absolute atomic E-state index is 0.0140. The summed E-state index contributed by atoms with van der Waals surface area (Å²) in [5, 5.41) is 0.662. The van der Waals surface area contributed by atoms with Crippen LogP contribution in [0, 0.1) is 0 Å². The summed E-state index contributed by atoms with van der Waals surface area (Å²) in [5.74, 6) is -0.171. The molecule has 2 nitrogen and oxygen atoms in total. The molecule has 4 heteroatoms. The van der Waals surface area contributed by atoms with E-state index in [9.17, 15) is 4.79 Å². The summed E-state index contributed by atoms with van der Waals surface area (Å²) in [4.78, 5) is 11.3. The molecule has 0 saturated heterocycles. The Morgan fingerprint density at radius 1 is 1.46 bits per heavy atom. The van der Waals surface area contributed by atoms with Gasteiger partial charge < -0.3 is 4.74 Å². The quantitative estimate of drug-likeness (QED) is 0.730. The van der Waals surface area contributed by atoms with Gasteiger partial charge in [-0.15, -0.1) is 0 Å². The van der Waals surface area contributed by atoms with Gasteiger partial charge in [0.15, 0.2) is 5.78 Å². The number of hydrogen-bond acceptors (Lipinski definition) is 2. The van der Waals surface area contributed by atoms with Crippen LogP contribution in [0.3, 0.4) is 0 Å². The molecule has 0 atom stereocenters. The van der Waals surface area contributed by atoms with Crippen LogP contribution >= 0.6 is 23.2 Å². The fourth-order valence-electron chi connectivity index (χ4n) is 0.928. The van der Waals surface area contributed by atoms with Gasteiger partial charge in [-0.1, -0.05) is 29.3 Å². The maximum Gasteiger partial charge on any atom is 0.189 e. The minimum Gasteiger partial charge on any atom is -0.377 e. The molecule has 70 valence electrons. The molecule has 1 rings (SSSR count). The molecule has 0 unspecified atom stereocenters. The second-order valence-corrected chi connectivity index (χ2v) is 3.24. The van der Waals surface area contributed by atoms with Gasteiger partial charge in [0.1, 0.15) is 6.61 Å².